The molecule has 1 fully saturated rings. The van der Waals surface area contributed by atoms with Gasteiger partial charge in [0.15, 0.2) is 0 Å². The zero-order chi connectivity index (χ0) is 9.80. The Bertz CT molecular complexity index is 267. The van der Waals surface area contributed by atoms with Crippen LogP contribution in [-0.4, -0.2) is 9.97 Å². The molecule has 1 aliphatic rings. The summed E-state index contributed by atoms with van der Waals surface area (Å²) in [4.78, 5) is 8.37. The number of hydrogen-bond donors (Lipinski definition) is 1. The number of hydrogen-bond acceptors (Lipinski definition) is 3. The Morgan fingerprint density at radius 3 is 2.57 bits per heavy atom. The molecule has 0 saturated heterocycles. The zero-order valence-corrected chi connectivity index (χ0v) is 8.39. The molecule has 76 valence electrons. The maximum atomic E-state index is 6.05. The van der Waals surface area contributed by atoms with Crippen LogP contribution in [-0.2, 0) is 0 Å². The molecule has 2 N–H and O–H groups in total. The van der Waals surface area contributed by atoms with Gasteiger partial charge in [-0.15, -0.1) is 0 Å². The summed E-state index contributed by atoms with van der Waals surface area (Å²) in [6.07, 6.45) is 9.97. The van der Waals surface area contributed by atoms with E-state index in [1.165, 1.54) is 25.7 Å². The Labute approximate surface area is 84.8 Å². The average Bonchev–Trinajstić information content (AvgIpc) is 2.72. The van der Waals surface area contributed by atoms with Crippen molar-refractivity contribution in [3.8, 4) is 0 Å². The molecule has 0 aromatic carbocycles. The van der Waals surface area contributed by atoms with Gasteiger partial charge in [0.2, 0.25) is 0 Å². The Hall–Kier alpha value is -0.960. The summed E-state index contributed by atoms with van der Waals surface area (Å²) in [7, 11) is 0. The Balaban J connectivity index is 1.92. The lowest BCUT2D eigenvalue weighted by atomic mass is 9.98. The quantitative estimate of drug-likeness (QED) is 0.795. The van der Waals surface area contributed by atoms with E-state index < -0.39 is 0 Å². The molecule has 0 bridgehead atoms. The van der Waals surface area contributed by atoms with E-state index in [1.54, 1.807) is 12.4 Å². The topological polar surface area (TPSA) is 51.8 Å². The number of aromatic nitrogens is 2. The maximum Gasteiger partial charge on any atom is 0.144 e. The summed E-state index contributed by atoms with van der Waals surface area (Å²) in [5.41, 5.74) is 6.05. The van der Waals surface area contributed by atoms with Crippen molar-refractivity contribution in [2.75, 3.05) is 0 Å². The molecular weight excluding hydrogens is 174 g/mol. The van der Waals surface area contributed by atoms with E-state index in [0.717, 1.165) is 18.2 Å². The van der Waals surface area contributed by atoms with Crippen molar-refractivity contribution >= 4 is 0 Å². The molecule has 3 nitrogen and oxygen atoms in total. The molecule has 1 aromatic heterocycles. The molecule has 3 heteroatoms. The van der Waals surface area contributed by atoms with Crippen LogP contribution in [0, 0.1) is 5.92 Å². The molecule has 2 rings (SSSR count). The van der Waals surface area contributed by atoms with Crippen LogP contribution in [0.3, 0.4) is 0 Å². The summed E-state index contributed by atoms with van der Waals surface area (Å²) in [5.74, 6) is 1.59. The fourth-order valence-electron chi connectivity index (χ4n) is 2.21. The molecule has 1 aliphatic carbocycles. The fraction of sp³-hybridized carbons (Fsp3) is 0.636. The van der Waals surface area contributed by atoms with Crippen molar-refractivity contribution in [1.82, 2.24) is 9.97 Å². The molecule has 0 unspecified atom stereocenters. The first kappa shape index (κ1) is 9.59. The highest BCUT2D eigenvalue weighted by molar-refractivity contribution is 4.95. The van der Waals surface area contributed by atoms with Gasteiger partial charge in [0, 0.05) is 12.4 Å². The van der Waals surface area contributed by atoms with E-state index >= 15 is 0 Å². The number of nitrogens with zero attached hydrogens (tertiary/aromatic N) is 2. The maximum absolute atomic E-state index is 6.05. The zero-order valence-electron chi connectivity index (χ0n) is 8.39. The van der Waals surface area contributed by atoms with Gasteiger partial charge in [0.25, 0.3) is 0 Å². The largest absolute Gasteiger partial charge is 0.321 e. The molecule has 0 radical (unpaired) electrons. The smallest absolute Gasteiger partial charge is 0.144 e. The minimum atomic E-state index is 0.0271. The standard InChI is InChI=1S/C11H17N3/c12-10(8-9-4-1-2-5-9)11-13-6-3-7-14-11/h3,6-7,9-10H,1-2,4-5,8,12H2/t10-/m0/s1. The van der Waals surface area contributed by atoms with Crippen molar-refractivity contribution in [2.45, 2.75) is 38.1 Å². The first-order chi connectivity index (χ1) is 6.86. The van der Waals surface area contributed by atoms with Crippen LogP contribution in [0.5, 0.6) is 0 Å². The Kier molecular flexibility index (Phi) is 3.09. The molecule has 1 aromatic rings. The van der Waals surface area contributed by atoms with E-state index in [9.17, 15) is 0 Å². The van der Waals surface area contributed by atoms with Gasteiger partial charge in [0.1, 0.15) is 5.82 Å². The first-order valence-electron chi connectivity index (χ1n) is 5.39. The highest BCUT2D eigenvalue weighted by Gasteiger charge is 2.19. The predicted octanol–water partition coefficient (Wildman–Crippen LogP) is 2.06. The van der Waals surface area contributed by atoms with Crippen molar-refractivity contribution in [2.24, 2.45) is 11.7 Å². The van der Waals surface area contributed by atoms with Crippen molar-refractivity contribution in [1.29, 1.82) is 0 Å². The lowest BCUT2D eigenvalue weighted by molar-refractivity contribution is 0.439. The second kappa shape index (κ2) is 4.51. The highest BCUT2D eigenvalue weighted by Crippen LogP contribution is 2.30. The Morgan fingerprint density at radius 1 is 1.29 bits per heavy atom. The average molecular weight is 191 g/mol. The van der Waals surface area contributed by atoms with Crippen LogP contribution < -0.4 is 5.73 Å². The van der Waals surface area contributed by atoms with E-state index in [4.69, 9.17) is 5.73 Å². The van der Waals surface area contributed by atoms with Gasteiger partial charge in [-0.1, -0.05) is 25.7 Å². The van der Waals surface area contributed by atoms with Gasteiger partial charge in [-0.05, 0) is 18.4 Å². The molecule has 1 atom stereocenters. The van der Waals surface area contributed by atoms with Crippen molar-refractivity contribution in [3.05, 3.63) is 24.3 Å². The highest BCUT2D eigenvalue weighted by atomic mass is 14.9. The molecule has 0 spiro atoms. The van der Waals surface area contributed by atoms with E-state index in [2.05, 4.69) is 9.97 Å². The van der Waals surface area contributed by atoms with Crippen molar-refractivity contribution in [3.63, 3.8) is 0 Å². The van der Waals surface area contributed by atoms with E-state index in [0.29, 0.717) is 0 Å². The number of nitrogens with two attached hydrogens (primary N) is 1. The second-order valence-corrected chi connectivity index (χ2v) is 4.10. The predicted molar refractivity (Wildman–Crippen MR) is 55.5 cm³/mol. The third kappa shape index (κ3) is 2.29. The summed E-state index contributed by atoms with van der Waals surface area (Å²) >= 11 is 0. The summed E-state index contributed by atoms with van der Waals surface area (Å²) in [5, 5.41) is 0. The van der Waals surface area contributed by atoms with Crippen LogP contribution in [0.1, 0.15) is 44.0 Å². The first-order valence-corrected chi connectivity index (χ1v) is 5.39. The fourth-order valence-corrected chi connectivity index (χ4v) is 2.21. The van der Waals surface area contributed by atoms with Crippen LogP contribution in [0.2, 0.25) is 0 Å². The van der Waals surface area contributed by atoms with Gasteiger partial charge in [-0.25, -0.2) is 9.97 Å². The SMILES string of the molecule is N[C@@H](CC1CCCC1)c1ncccn1. The van der Waals surface area contributed by atoms with Gasteiger partial charge in [0.05, 0.1) is 6.04 Å². The summed E-state index contributed by atoms with van der Waals surface area (Å²) < 4.78 is 0. The Morgan fingerprint density at radius 2 is 1.93 bits per heavy atom. The lowest BCUT2D eigenvalue weighted by Crippen LogP contribution is -2.16. The third-order valence-corrected chi connectivity index (χ3v) is 2.98. The monoisotopic (exact) mass is 191 g/mol. The molecule has 14 heavy (non-hydrogen) atoms. The normalized spacial score (nSPS) is 19.8. The molecular formula is C11H17N3. The number of rotatable bonds is 3. The second-order valence-electron chi connectivity index (χ2n) is 4.10. The molecule has 0 amide bonds. The van der Waals surface area contributed by atoms with Crippen LogP contribution in [0.4, 0.5) is 0 Å². The minimum absolute atomic E-state index is 0.0271. The summed E-state index contributed by atoms with van der Waals surface area (Å²) in [6.45, 7) is 0. The van der Waals surface area contributed by atoms with Crippen molar-refractivity contribution < 1.29 is 0 Å². The van der Waals surface area contributed by atoms with Gasteiger partial charge in [-0.2, -0.15) is 0 Å². The van der Waals surface area contributed by atoms with Crippen LogP contribution in [0.15, 0.2) is 18.5 Å². The third-order valence-electron chi connectivity index (χ3n) is 2.98. The van der Waals surface area contributed by atoms with E-state index in [1.807, 2.05) is 6.07 Å². The van der Waals surface area contributed by atoms with Gasteiger partial charge in [-0.3, -0.25) is 0 Å². The molecule has 1 heterocycles. The van der Waals surface area contributed by atoms with Crippen LogP contribution in [0.25, 0.3) is 0 Å². The summed E-state index contributed by atoms with van der Waals surface area (Å²) in [6, 6.07) is 1.85. The van der Waals surface area contributed by atoms with Gasteiger partial charge < -0.3 is 5.73 Å². The minimum Gasteiger partial charge on any atom is -0.321 e. The van der Waals surface area contributed by atoms with E-state index in [-0.39, 0.29) is 6.04 Å². The van der Waals surface area contributed by atoms with Gasteiger partial charge >= 0.3 is 0 Å². The lowest BCUT2D eigenvalue weighted by Gasteiger charge is -2.14. The van der Waals surface area contributed by atoms with Crippen LogP contribution >= 0.6 is 0 Å². The molecule has 1 saturated carbocycles. The molecule has 0 aliphatic heterocycles.